The minimum atomic E-state index is -0.335. The minimum absolute atomic E-state index is 0.0454. The first-order valence-electron chi connectivity index (χ1n) is 5.89. The second-order valence-corrected chi connectivity index (χ2v) is 4.74. The molecule has 3 atom stereocenters. The van der Waals surface area contributed by atoms with E-state index in [0.29, 0.717) is 24.7 Å². The van der Waals surface area contributed by atoms with Crippen LogP contribution in [0.15, 0.2) is 4.52 Å². The van der Waals surface area contributed by atoms with E-state index in [-0.39, 0.29) is 24.2 Å². The number of aliphatic hydroxyl groups is 1. The van der Waals surface area contributed by atoms with Crippen molar-refractivity contribution in [3.63, 3.8) is 0 Å². The van der Waals surface area contributed by atoms with E-state index in [1.54, 1.807) is 7.11 Å². The lowest BCUT2D eigenvalue weighted by molar-refractivity contribution is 0.0555. The van der Waals surface area contributed by atoms with Crippen molar-refractivity contribution in [2.45, 2.75) is 38.5 Å². The molecule has 0 spiro atoms. The zero-order valence-electron chi connectivity index (χ0n) is 10.4. The topological polar surface area (TPSA) is 80.4 Å². The van der Waals surface area contributed by atoms with Gasteiger partial charge >= 0.3 is 0 Å². The summed E-state index contributed by atoms with van der Waals surface area (Å²) in [6.07, 6.45) is 0.124. The van der Waals surface area contributed by atoms with Crippen molar-refractivity contribution in [1.82, 2.24) is 15.5 Å². The first kappa shape index (κ1) is 12.5. The van der Waals surface area contributed by atoms with Crippen LogP contribution in [0.3, 0.4) is 0 Å². The maximum Gasteiger partial charge on any atom is 0.243 e. The second kappa shape index (κ2) is 5.12. The standard InChI is InChI=1S/C11H19N3O3/c1-6(2)9(16-3)10-13-11(17-14-10)8-4-7(15)5-12-8/h6-9,12,15H,4-5H2,1-3H3/t7-,8+,9?/m0/s1. The predicted octanol–water partition coefficient (Wildman–Crippen LogP) is 0.808. The molecule has 1 aromatic heterocycles. The van der Waals surface area contributed by atoms with Gasteiger partial charge in [0.05, 0.1) is 12.1 Å². The van der Waals surface area contributed by atoms with Crippen LogP contribution in [0.5, 0.6) is 0 Å². The summed E-state index contributed by atoms with van der Waals surface area (Å²) in [6, 6.07) is -0.0454. The molecule has 0 aliphatic carbocycles. The van der Waals surface area contributed by atoms with Crippen LogP contribution < -0.4 is 5.32 Å². The third kappa shape index (κ3) is 2.65. The van der Waals surface area contributed by atoms with Crippen LogP contribution in [0, 0.1) is 5.92 Å². The van der Waals surface area contributed by atoms with E-state index in [4.69, 9.17) is 9.26 Å². The summed E-state index contributed by atoms with van der Waals surface area (Å²) >= 11 is 0. The normalized spacial score (nSPS) is 26.6. The number of aromatic nitrogens is 2. The largest absolute Gasteiger partial charge is 0.392 e. The fourth-order valence-corrected chi connectivity index (χ4v) is 2.09. The number of β-amino-alcohol motifs (C(OH)–C–C–N with tert-alkyl or cyclic N) is 1. The van der Waals surface area contributed by atoms with Crippen LogP contribution in [0.2, 0.25) is 0 Å². The molecule has 6 nitrogen and oxygen atoms in total. The second-order valence-electron chi connectivity index (χ2n) is 4.74. The van der Waals surface area contributed by atoms with Crippen molar-refractivity contribution in [1.29, 1.82) is 0 Å². The average molecular weight is 241 g/mol. The quantitative estimate of drug-likeness (QED) is 0.812. The summed E-state index contributed by atoms with van der Waals surface area (Å²) < 4.78 is 10.6. The zero-order valence-corrected chi connectivity index (χ0v) is 10.4. The molecular formula is C11H19N3O3. The highest BCUT2D eigenvalue weighted by molar-refractivity contribution is 4.99. The van der Waals surface area contributed by atoms with Crippen LogP contribution in [0.1, 0.15) is 44.1 Å². The molecule has 0 saturated carbocycles. The molecule has 96 valence electrons. The number of methoxy groups -OCH3 is 1. The molecular weight excluding hydrogens is 222 g/mol. The van der Waals surface area contributed by atoms with Gasteiger partial charge in [-0.1, -0.05) is 19.0 Å². The van der Waals surface area contributed by atoms with Gasteiger partial charge in [0.15, 0.2) is 0 Å². The van der Waals surface area contributed by atoms with Gasteiger partial charge in [-0.15, -0.1) is 0 Å². The van der Waals surface area contributed by atoms with E-state index in [1.165, 1.54) is 0 Å². The van der Waals surface area contributed by atoms with Crippen LogP contribution >= 0.6 is 0 Å². The van der Waals surface area contributed by atoms with Gasteiger partial charge in [0.25, 0.3) is 0 Å². The molecule has 1 saturated heterocycles. The van der Waals surface area contributed by atoms with Gasteiger partial charge in [0.2, 0.25) is 11.7 Å². The predicted molar refractivity (Wildman–Crippen MR) is 60.3 cm³/mol. The van der Waals surface area contributed by atoms with Crippen molar-refractivity contribution in [2.24, 2.45) is 5.92 Å². The third-order valence-corrected chi connectivity index (χ3v) is 2.98. The maximum atomic E-state index is 9.43. The number of ether oxygens (including phenoxy) is 1. The van der Waals surface area contributed by atoms with Gasteiger partial charge in [0, 0.05) is 13.7 Å². The Morgan fingerprint density at radius 2 is 2.29 bits per heavy atom. The molecule has 0 bridgehead atoms. The van der Waals surface area contributed by atoms with Gasteiger partial charge < -0.3 is 19.7 Å². The zero-order chi connectivity index (χ0) is 12.4. The van der Waals surface area contributed by atoms with E-state index < -0.39 is 0 Å². The number of hydrogen-bond acceptors (Lipinski definition) is 6. The van der Waals surface area contributed by atoms with Crippen LogP contribution in [-0.2, 0) is 4.74 Å². The van der Waals surface area contributed by atoms with Crippen molar-refractivity contribution in [3.8, 4) is 0 Å². The molecule has 1 aliphatic rings. The smallest absolute Gasteiger partial charge is 0.243 e. The lowest BCUT2D eigenvalue weighted by atomic mass is 10.1. The van der Waals surface area contributed by atoms with Crippen molar-refractivity contribution < 1.29 is 14.4 Å². The number of rotatable bonds is 4. The van der Waals surface area contributed by atoms with Crippen LogP contribution in [0.25, 0.3) is 0 Å². The molecule has 6 heteroatoms. The van der Waals surface area contributed by atoms with Gasteiger partial charge in [-0.25, -0.2) is 0 Å². The number of aliphatic hydroxyl groups excluding tert-OH is 1. The molecule has 2 heterocycles. The number of nitrogens with zero attached hydrogens (tertiary/aromatic N) is 2. The number of hydrogen-bond donors (Lipinski definition) is 2. The summed E-state index contributed by atoms with van der Waals surface area (Å²) in [4.78, 5) is 4.34. The van der Waals surface area contributed by atoms with E-state index in [1.807, 2.05) is 13.8 Å². The van der Waals surface area contributed by atoms with Gasteiger partial charge in [-0.2, -0.15) is 4.98 Å². The highest BCUT2D eigenvalue weighted by Gasteiger charge is 2.30. The lowest BCUT2D eigenvalue weighted by Gasteiger charge is -2.14. The monoisotopic (exact) mass is 241 g/mol. The van der Waals surface area contributed by atoms with E-state index in [9.17, 15) is 5.11 Å². The maximum absolute atomic E-state index is 9.43. The first-order valence-corrected chi connectivity index (χ1v) is 5.89. The Morgan fingerprint density at radius 1 is 1.53 bits per heavy atom. The Morgan fingerprint density at radius 3 is 2.82 bits per heavy atom. The molecule has 1 fully saturated rings. The Kier molecular flexibility index (Phi) is 3.76. The molecule has 0 amide bonds. The molecule has 17 heavy (non-hydrogen) atoms. The van der Waals surface area contributed by atoms with Gasteiger partial charge in [0.1, 0.15) is 6.10 Å². The van der Waals surface area contributed by atoms with Gasteiger partial charge in [-0.3, -0.25) is 0 Å². The molecule has 2 N–H and O–H groups in total. The van der Waals surface area contributed by atoms with Crippen molar-refractivity contribution in [2.75, 3.05) is 13.7 Å². The van der Waals surface area contributed by atoms with E-state index in [2.05, 4.69) is 15.5 Å². The summed E-state index contributed by atoms with van der Waals surface area (Å²) in [7, 11) is 1.64. The summed E-state index contributed by atoms with van der Waals surface area (Å²) in [6.45, 7) is 4.66. The summed E-state index contributed by atoms with van der Waals surface area (Å²) in [5, 5.41) is 16.5. The molecule has 2 rings (SSSR count). The fraction of sp³-hybridized carbons (Fsp3) is 0.818. The van der Waals surface area contributed by atoms with Crippen molar-refractivity contribution in [3.05, 3.63) is 11.7 Å². The molecule has 1 aromatic rings. The average Bonchev–Trinajstić information content (AvgIpc) is 2.87. The Hall–Kier alpha value is -0.980. The van der Waals surface area contributed by atoms with E-state index in [0.717, 1.165) is 0 Å². The van der Waals surface area contributed by atoms with Gasteiger partial charge in [-0.05, 0) is 12.3 Å². The first-order chi connectivity index (χ1) is 8.11. The Labute approximate surface area is 100 Å². The highest BCUT2D eigenvalue weighted by atomic mass is 16.5. The van der Waals surface area contributed by atoms with Crippen LogP contribution in [-0.4, -0.2) is 35.0 Å². The minimum Gasteiger partial charge on any atom is -0.392 e. The van der Waals surface area contributed by atoms with Crippen molar-refractivity contribution >= 4 is 0 Å². The fourth-order valence-electron chi connectivity index (χ4n) is 2.09. The molecule has 1 unspecified atom stereocenters. The highest BCUT2D eigenvalue weighted by Crippen LogP contribution is 2.26. The third-order valence-electron chi connectivity index (χ3n) is 2.98. The summed E-state index contributed by atoms with van der Waals surface area (Å²) in [5.74, 6) is 1.38. The molecule has 0 aromatic carbocycles. The molecule has 0 radical (unpaired) electrons. The number of nitrogens with one attached hydrogen (secondary N) is 1. The van der Waals surface area contributed by atoms with Crippen LogP contribution in [0.4, 0.5) is 0 Å². The Balaban J connectivity index is 2.10. The molecule has 1 aliphatic heterocycles. The lowest BCUT2D eigenvalue weighted by Crippen LogP contribution is -2.15. The summed E-state index contributed by atoms with van der Waals surface area (Å²) in [5.41, 5.74) is 0. The van der Waals surface area contributed by atoms with E-state index >= 15 is 0 Å². The SMILES string of the molecule is COC(c1noc([C@H]2C[C@H](O)CN2)n1)C(C)C. The Bertz CT molecular complexity index is 367.